The Morgan fingerprint density at radius 3 is 1.94 bits per heavy atom. The summed E-state index contributed by atoms with van der Waals surface area (Å²) in [5, 5.41) is 0.788. The van der Waals surface area contributed by atoms with E-state index >= 15 is 0 Å². The van der Waals surface area contributed by atoms with Gasteiger partial charge in [-0.2, -0.15) is 29.3 Å². The smallest absolute Gasteiger partial charge is 0.172 e. The topological polar surface area (TPSA) is 0 Å². The van der Waals surface area contributed by atoms with Crippen LogP contribution in [0.5, 0.6) is 0 Å². The van der Waals surface area contributed by atoms with Gasteiger partial charge in [-0.25, -0.2) is 18.1 Å². The van der Waals surface area contributed by atoms with Gasteiger partial charge in [-0.15, -0.1) is 6.92 Å². The molecule has 52 heavy (non-hydrogen) atoms. The van der Waals surface area contributed by atoms with Crippen LogP contribution in [0.4, 0.5) is 0 Å². The molecule has 0 aromatic heterocycles. The Morgan fingerprint density at radius 2 is 1.37 bits per heavy atom. The molecule has 2 unspecified atom stereocenters. The van der Waals surface area contributed by atoms with E-state index in [1.807, 2.05) is 42.5 Å². The number of fused-ring (bicyclic) bond motifs is 6. The minimum atomic E-state index is 0. The van der Waals surface area contributed by atoms with Crippen LogP contribution in [0.1, 0.15) is 96.0 Å². The van der Waals surface area contributed by atoms with E-state index in [9.17, 15) is 0 Å². The van der Waals surface area contributed by atoms with E-state index < -0.39 is 0 Å². The number of allylic oxidation sites excluding steroid dienone is 6. The van der Waals surface area contributed by atoms with E-state index in [1.54, 1.807) is 28.2 Å². The average molecular weight is 828 g/mol. The van der Waals surface area contributed by atoms with Gasteiger partial charge in [0, 0.05) is 0 Å². The van der Waals surface area contributed by atoms with Gasteiger partial charge in [-0.3, -0.25) is 0 Å². The molecule has 4 aromatic carbocycles. The maximum Gasteiger partial charge on any atom is -0.172 e. The van der Waals surface area contributed by atoms with Gasteiger partial charge in [0.25, 0.3) is 0 Å². The van der Waals surface area contributed by atoms with Crippen LogP contribution in [0.25, 0.3) is 5.57 Å². The van der Waals surface area contributed by atoms with Crippen LogP contribution in [0, 0.1) is 40.4 Å². The largest absolute Gasteiger partial charge is 1.00 e. The Labute approximate surface area is 346 Å². The summed E-state index contributed by atoms with van der Waals surface area (Å²) in [6, 6.07) is 35.8. The van der Waals surface area contributed by atoms with Crippen molar-refractivity contribution in [3.63, 3.8) is 0 Å². The monoisotopic (exact) mass is 824 g/mol. The number of hydrogen-bond donors (Lipinski definition) is 0. The molecule has 0 nitrogen and oxygen atoms in total. The molecular weight excluding hydrogens is 774 g/mol. The van der Waals surface area contributed by atoms with Crippen LogP contribution in [0.15, 0.2) is 132 Å². The minimum Gasteiger partial charge on any atom is -1.00 e. The normalized spacial score (nSPS) is 22.5. The maximum absolute atomic E-state index is 5.88. The molecule has 4 heteroatoms. The number of rotatable bonds is 2. The van der Waals surface area contributed by atoms with E-state index in [0.29, 0.717) is 5.92 Å². The van der Waals surface area contributed by atoms with Crippen molar-refractivity contribution in [1.82, 2.24) is 0 Å². The molecule has 0 radical (unpaired) electrons. The van der Waals surface area contributed by atoms with E-state index in [2.05, 4.69) is 135 Å². The molecule has 2 atom stereocenters. The van der Waals surface area contributed by atoms with Crippen LogP contribution in [0.2, 0.25) is 5.02 Å². The molecule has 0 N–H and O–H groups in total. The number of hydrogen-bond acceptors (Lipinski definition) is 0. The molecular formula is C48H53Cl3Zr-2. The van der Waals surface area contributed by atoms with Crippen molar-refractivity contribution in [2.75, 3.05) is 0 Å². The van der Waals surface area contributed by atoms with Crippen LogP contribution in [0.3, 0.4) is 0 Å². The molecule has 0 spiro atoms. The molecule has 4 aromatic rings. The SMILES string of the molecule is C[C-]1C2=C3Cc4ccccc4C3=C3C=CCCC3C2(C)C(C)(C)C(C)(C)C1(C)C.Cc1ccc([C](=[Zr+2])c2ccc(Cl)cc2)cc1.[Cl-].[Cl-].c1cc[cH-]c1. The Hall–Kier alpha value is -2.28. The summed E-state index contributed by atoms with van der Waals surface area (Å²) in [5.41, 5.74) is 14.1. The van der Waals surface area contributed by atoms with Gasteiger partial charge < -0.3 is 24.8 Å². The summed E-state index contributed by atoms with van der Waals surface area (Å²) in [5.74, 6) is 2.24. The second-order valence-electron chi connectivity index (χ2n) is 16.5. The summed E-state index contributed by atoms with van der Waals surface area (Å²) < 4.78 is 1.36. The molecule has 0 aliphatic heterocycles. The maximum atomic E-state index is 5.88. The zero-order chi connectivity index (χ0) is 36.1. The predicted octanol–water partition coefficient (Wildman–Crippen LogP) is 7.14. The third-order valence-electron chi connectivity index (χ3n) is 13.8. The van der Waals surface area contributed by atoms with Crippen molar-refractivity contribution in [3.05, 3.63) is 171 Å². The van der Waals surface area contributed by atoms with Gasteiger partial charge in [-0.1, -0.05) is 113 Å². The zero-order valence-electron chi connectivity index (χ0n) is 32.3. The average Bonchev–Trinajstić information content (AvgIpc) is 3.81. The van der Waals surface area contributed by atoms with Crippen molar-refractivity contribution < 1.29 is 49.0 Å². The first-order valence-electron chi connectivity index (χ1n) is 18.3. The summed E-state index contributed by atoms with van der Waals surface area (Å²) in [7, 11) is 0. The van der Waals surface area contributed by atoms with Crippen molar-refractivity contribution in [3.8, 4) is 0 Å². The number of aryl methyl sites for hydroxylation is 1. The van der Waals surface area contributed by atoms with E-state index in [0.717, 1.165) is 11.4 Å². The second-order valence-corrected chi connectivity index (χ2v) is 18.1. The Bertz CT molecular complexity index is 1890. The minimum absolute atomic E-state index is 0. The quantitative estimate of drug-likeness (QED) is 0.189. The standard InChI is InChI=1S/C29H37.C14H11Cl.C5H5.2ClH.Zr/c1-18-25-22-17-19-13-9-10-14-20(19)24(22)21-15-11-12-16-23(21)29(25,8)28(6,7)27(4,5)26(18,2)3;1-11-2-4-12(5-3-11)10-13-6-8-14(15)9-7-13;1-2-4-5-3-1;;;/h9-11,13-15,23H,12,16-17H2,1-8H3;2-9H,1H3;1-5H;2*1H;/q-1;;-1;;;+2/p-2. The van der Waals surface area contributed by atoms with Crippen molar-refractivity contribution in [2.45, 2.75) is 81.6 Å². The van der Waals surface area contributed by atoms with Crippen molar-refractivity contribution >= 4 is 20.4 Å². The molecule has 4 aliphatic rings. The van der Waals surface area contributed by atoms with Gasteiger partial charge >= 0.3 is 116 Å². The van der Waals surface area contributed by atoms with Crippen molar-refractivity contribution in [2.24, 2.45) is 27.6 Å². The van der Waals surface area contributed by atoms with Gasteiger partial charge in [0.15, 0.2) is 0 Å². The molecule has 0 amide bonds. The van der Waals surface area contributed by atoms with Crippen LogP contribution in [-0.4, -0.2) is 3.21 Å². The van der Waals surface area contributed by atoms with Gasteiger partial charge in [0.05, 0.1) is 0 Å². The molecule has 0 heterocycles. The third-order valence-corrected chi connectivity index (χ3v) is 15.5. The van der Waals surface area contributed by atoms with E-state index in [4.69, 9.17) is 11.6 Å². The molecule has 1 saturated carbocycles. The summed E-state index contributed by atoms with van der Waals surface area (Å²) in [6.45, 7) is 22.4. The van der Waals surface area contributed by atoms with Crippen LogP contribution < -0.4 is 24.8 Å². The number of halogens is 3. The summed E-state index contributed by atoms with van der Waals surface area (Å²) in [6.07, 6.45) is 8.50. The number of benzene rings is 3. The van der Waals surface area contributed by atoms with Crippen molar-refractivity contribution in [1.29, 1.82) is 0 Å². The fourth-order valence-corrected chi connectivity index (χ4v) is 10.3. The van der Waals surface area contributed by atoms with Crippen LogP contribution in [-0.2, 0) is 30.7 Å². The second kappa shape index (κ2) is 16.2. The Balaban J connectivity index is 0.000000221. The molecule has 8 rings (SSSR count). The first kappa shape index (κ1) is 42.5. The molecule has 272 valence electrons. The molecule has 0 saturated heterocycles. The molecule has 1 fully saturated rings. The van der Waals surface area contributed by atoms with Gasteiger partial charge in [0.2, 0.25) is 0 Å². The summed E-state index contributed by atoms with van der Waals surface area (Å²) in [4.78, 5) is 0. The Kier molecular flexibility index (Phi) is 13.2. The summed E-state index contributed by atoms with van der Waals surface area (Å²) >= 11 is 7.30. The van der Waals surface area contributed by atoms with E-state index in [-0.39, 0.29) is 46.5 Å². The molecule has 4 aliphatic carbocycles. The van der Waals surface area contributed by atoms with E-state index in [1.165, 1.54) is 68.1 Å². The third kappa shape index (κ3) is 7.03. The predicted molar refractivity (Wildman–Crippen MR) is 212 cm³/mol. The fourth-order valence-electron chi connectivity index (χ4n) is 9.39. The Morgan fingerprint density at radius 1 is 0.788 bits per heavy atom. The first-order valence-corrected chi connectivity index (χ1v) is 19.9. The zero-order valence-corrected chi connectivity index (χ0v) is 37.0. The van der Waals surface area contributed by atoms with Gasteiger partial charge in [-0.05, 0) is 40.6 Å². The van der Waals surface area contributed by atoms with Gasteiger partial charge in [0.1, 0.15) is 0 Å². The molecule has 0 bridgehead atoms. The van der Waals surface area contributed by atoms with Crippen LogP contribution >= 0.6 is 11.6 Å². The first-order chi connectivity index (χ1) is 23.6. The fraction of sp³-hybridized carbons (Fsp3) is 0.354.